The molecule has 2 aromatic heterocycles. The molecule has 3 nitrogen and oxygen atoms in total. The number of anilines is 1. The normalized spacial score (nSPS) is 10.1. The molecule has 0 aliphatic carbocycles. The lowest BCUT2D eigenvalue weighted by Gasteiger charge is -1.99. The second-order valence-electron chi connectivity index (χ2n) is 2.94. The third-order valence-electron chi connectivity index (χ3n) is 1.86. The minimum absolute atomic E-state index is 0.386. The molecular formula is C10H9NO2S2. The summed E-state index contributed by atoms with van der Waals surface area (Å²) in [7, 11) is 0. The van der Waals surface area contributed by atoms with E-state index in [1.807, 2.05) is 22.9 Å². The molecule has 2 aromatic rings. The third kappa shape index (κ3) is 2.57. The van der Waals surface area contributed by atoms with Gasteiger partial charge in [0.15, 0.2) is 0 Å². The lowest BCUT2D eigenvalue weighted by Crippen LogP contribution is -1.95. The van der Waals surface area contributed by atoms with Gasteiger partial charge in [0, 0.05) is 22.5 Å². The molecule has 0 bridgehead atoms. The molecule has 0 fully saturated rings. The molecule has 0 saturated carbocycles. The fourth-order valence-corrected chi connectivity index (χ4v) is 2.54. The van der Waals surface area contributed by atoms with Crippen LogP contribution in [0.1, 0.15) is 14.5 Å². The molecule has 0 saturated heterocycles. The fourth-order valence-electron chi connectivity index (χ4n) is 1.14. The predicted molar refractivity (Wildman–Crippen MR) is 62.9 cm³/mol. The van der Waals surface area contributed by atoms with Gasteiger partial charge in [0.2, 0.25) is 0 Å². The summed E-state index contributed by atoms with van der Waals surface area (Å²) >= 11 is 2.94. The molecule has 0 aliphatic rings. The first kappa shape index (κ1) is 10.2. The van der Waals surface area contributed by atoms with Crippen molar-refractivity contribution in [3.63, 3.8) is 0 Å². The second kappa shape index (κ2) is 4.46. The second-order valence-corrected chi connectivity index (χ2v) is 4.89. The molecule has 2 N–H and O–H groups in total. The largest absolute Gasteiger partial charge is 0.477 e. The number of aromatic carboxylic acids is 1. The zero-order chi connectivity index (χ0) is 10.7. The summed E-state index contributed by atoms with van der Waals surface area (Å²) in [6.07, 6.45) is 0. The van der Waals surface area contributed by atoms with Crippen LogP contribution in [0.2, 0.25) is 0 Å². The maximum absolute atomic E-state index is 10.6. The Morgan fingerprint density at radius 2 is 2.27 bits per heavy atom. The van der Waals surface area contributed by atoms with Crippen LogP contribution in [0.4, 0.5) is 5.69 Å². The molecule has 0 unspecified atom stereocenters. The highest BCUT2D eigenvalue weighted by atomic mass is 32.1. The van der Waals surface area contributed by atoms with E-state index >= 15 is 0 Å². The summed E-state index contributed by atoms with van der Waals surface area (Å²) in [4.78, 5) is 12.1. The quantitative estimate of drug-likeness (QED) is 0.861. The van der Waals surface area contributed by atoms with Gasteiger partial charge in [-0.2, -0.15) is 11.3 Å². The molecule has 0 aromatic carbocycles. The van der Waals surface area contributed by atoms with Crippen molar-refractivity contribution in [1.82, 2.24) is 0 Å². The van der Waals surface area contributed by atoms with Crippen LogP contribution >= 0.6 is 22.7 Å². The number of nitrogens with one attached hydrogen (secondary N) is 1. The van der Waals surface area contributed by atoms with Crippen LogP contribution in [0.3, 0.4) is 0 Å². The summed E-state index contributed by atoms with van der Waals surface area (Å²) in [6.45, 7) is 0.675. The van der Waals surface area contributed by atoms with Gasteiger partial charge in [-0.3, -0.25) is 0 Å². The van der Waals surface area contributed by atoms with Crippen LogP contribution in [0, 0.1) is 0 Å². The van der Waals surface area contributed by atoms with Crippen LogP contribution in [0.5, 0.6) is 0 Å². The number of carboxylic acid groups (broad SMARTS) is 1. The van der Waals surface area contributed by atoms with Crippen molar-refractivity contribution in [1.29, 1.82) is 0 Å². The zero-order valence-electron chi connectivity index (χ0n) is 7.77. The van der Waals surface area contributed by atoms with Crippen LogP contribution in [-0.4, -0.2) is 11.1 Å². The molecule has 2 heterocycles. The molecule has 2 rings (SSSR count). The van der Waals surface area contributed by atoms with E-state index < -0.39 is 5.97 Å². The Labute approximate surface area is 95.0 Å². The van der Waals surface area contributed by atoms with Gasteiger partial charge in [0.25, 0.3) is 0 Å². The summed E-state index contributed by atoms with van der Waals surface area (Å²) in [5.41, 5.74) is 1.07. The Morgan fingerprint density at radius 3 is 2.87 bits per heavy atom. The number of carbonyl (C=O) groups is 1. The van der Waals surface area contributed by atoms with Gasteiger partial charge in [0.05, 0.1) is 0 Å². The van der Waals surface area contributed by atoms with E-state index in [4.69, 9.17) is 5.11 Å². The first-order chi connectivity index (χ1) is 7.25. The summed E-state index contributed by atoms with van der Waals surface area (Å²) in [5, 5.41) is 16.0. The van der Waals surface area contributed by atoms with Gasteiger partial charge in [-0.15, -0.1) is 11.3 Å². The Bertz CT molecular complexity index is 448. The minimum Gasteiger partial charge on any atom is -0.477 e. The van der Waals surface area contributed by atoms with Crippen molar-refractivity contribution in [3.8, 4) is 0 Å². The van der Waals surface area contributed by atoms with Gasteiger partial charge in [-0.1, -0.05) is 0 Å². The number of hydrogen-bond donors (Lipinski definition) is 2. The maximum Gasteiger partial charge on any atom is 0.345 e. The van der Waals surface area contributed by atoms with Gasteiger partial charge in [-0.25, -0.2) is 4.79 Å². The Balaban J connectivity index is 1.96. The Morgan fingerprint density at radius 1 is 1.40 bits per heavy atom. The molecule has 15 heavy (non-hydrogen) atoms. The highest BCUT2D eigenvalue weighted by molar-refractivity contribution is 7.13. The molecular weight excluding hydrogens is 230 g/mol. The Kier molecular flexibility index (Phi) is 3.03. The van der Waals surface area contributed by atoms with E-state index in [2.05, 4.69) is 5.32 Å². The third-order valence-corrected chi connectivity index (χ3v) is 3.62. The van der Waals surface area contributed by atoms with E-state index in [0.717, 1.165) is 10.6 Å². The van der Waals surface area contributed by atoms with Crippen molar-refractivity contribution in [2.75, 3.05) is 5.32 Å². The monoisotopic (exact) mass is 239 g/mol. The van der Waals surface area contributed by atoms with E-state index in [1.165, 1.54) is 11.3 Å². The number of rotatable bonds is 4. The first-order valence-corrected chi connectivity index (χ1v) is 6.10. The topological polar surface area (TPSA) is 49.3 Å². The summed E-state index contributed by atoms with van der Waals surface area (Å²) < 4.78 is 0. The number of carboxylic acids is 1. The van der Waals surface area contributed by atoms with Gasteiger partial charge in [0.1, 0.15) is 4.88 Å². The lowest BCUT2D eigenvalue weighted by atomic mass is 10.4. The first-order valence-electron chi connectivity index (χ1n) is 4.34. The van der Waals surface area contributed by atoms with Gasteiger partial charge < -0.3 is 10.4 Å². The maximum atomic E-state index is 10.6. The van der Waals surface area contributed by atoms with Crippen molar-refractivity contribution in [3.05, 3.63) is 38.7 Å². The van der Waals surface area contributed by atoms with E-state index in [0.29, 0.717) is 11.4 Å². The highest BCUT2D eigenvalue weighted by Crippen LogP contribution is 2.19. The molecule has 5 heteroatoms. The minimum atomic E-state index is -0.859. The van der Waals surface area contributed by atoms with Crippen molar-refractivity contribution < 1.29 is 9.90 Å². The van der Waals surface area contributed by atoms with Crippen molar-refractivity contribution in [2.45, 2.75) is 6.54 Å². The van der Waals surface area contributed by atoms with Gasteiger partial charge >= 0.3 is 5.97 Å². The van der Waals surface area contributed by atoms with Crippen molar-refractivity contribution in [2.24, 2.45) is 0 Å². The standard InChI is InChI=1S/C10H9NO2S2/c12-10(13)9-2-1-8(15-9)5-11-7-3-4-14-6-7/h1-4,6,11H,5H2,(H,12,13). The van der Waals surface area contributed by atoms with Crippen LogP contribution in [0.15, 0.2) is 29.0 Å². The van der Waals surface area contributed by atoms with Crippen molar-refractivity contribution >= 4 is 34.3 Å². The molecule has 0 amide bonds. The molecule has 0 atom stereocenters. The summed E-state index contributed by atoms with van der Waals surface area (Å²) in [5.74, 6) is -0.859. The van der Waals surface area contributed by atoms with Gasteiger partial charge in [-0.05, 0) is 23.6 Å². The SMILES string of the molecule is O=C(O)c1ccc(CNc2ccsc2)s1. The number of thiophene rings is 2. The summed E-state index contributed by atoms with van der Waals surface area (Å²) in [6, 6.07) is 5.47. The van der Waals surface area contributed by atoms with E-state index in [1.54, 1.807) is 17.4 Å². The average Bonchev–Trinajstić information content (AvgIpc) is 2.86. The van der Waals surface area contributed by atoms with Crippen LogP contribution < -0.4 is 5.32 Å². The lowest BCUT2D eigenvalue weighted by molar-refractivity contribution is 0.0702. The average molecular weight is 239 g/mol. The Hall–Kier alpha value is -1.33. The van der Waals surface area contributed by atoms with E-state index in [9.17, 15) is 4.79 Å². The van der Waals surface area contributed by atoms with Crippen LogP contribution in [0.25, 0.3) is 0 Å². The smallest absolute Gasteiger partial charge is 0.345 e. The number of hydrogen-bond acceptors (Lipinski definition) is 4. The fraction of sp³-hybridized carbons (Fsp3) is 0.100. The molecule has 0 spiro atoms. The zero-order valence-corrected chi connectivity index (χ0v) is 9.40. The van der Waals surface area contributed by atoms with E-state index in [-0.39, 0.29) is 0 Å². The highest BCUT2D eigenvalue weighted by Gasteiger charge is 2.06. The van der Waals surface area contributed by atoms with Crippen LogP contribution in [-0.2, 0) is 6.54 Å². The predicted octanol–water partition coefficient (Wildman–Crippen LogP) is 3.12. The molecule has 0 radical (unpaired) electrons. The molecule has 0 aliphatic heterocycles. The molecule has 78 valence electrons.